The van der Waals surface area contributed by atoms with Gasteiger partial charge in [0.15, 0.2) is 5.76 Å². The molecular formula is C19H15FN2O3S. The summed E-state index contributed by atoms with van der Waals surface area (Å²) in [6.45, 7) is 0. The smallest absolute Gasteiger partial charge is 0.305 e. The van der Waals surface area contributed by atoms with Crippen LogP contribution in [0.1, 0.15) is 26.5 Å². The van der Waals surface area contributed by atoms with Crippen LogP contribution >= 0.6 is 11.8 Å². The van der Waals surface area contributed by atoms with Gasteiger partial charge in [0.2, 0.25) is 0 Å². The molecule has 0 saturated heterocycles. The number of furan rings is 1. The minimum Gasteiger partial charge on any atom is -0.459 e. The Morgan fingerprint density at radius 1 is 0.923 bits per heavy atom. The van der Waals surface area contributed by atoms with Crippen LogP contribution in [-0.4, -0.2) is 11.8 Å². The van der Waals surface area contributed by atoms with Crippen LogP contribution in [0.2, 0.25) is 0 Å². The lowest BCUT2D eigenvalue weighted by atomic mass is 10.2. The topological polar surface area (TPSA) is 71.3 Å². The van der Waals surface area contributed by atoms with Crippen molar-refractivity contribution in [1.29, 1.82) is 0 Å². The maximum absolute atomic E-state index is 12.9. The summed E-state index contributed by atoms with van der Waals surface area (Å²) in [6.07, 6.45) is 1.43. The summed E-state index contributed by atoms with van der Waals surface area (Å²) in [5.74, 6) is -0.872. The largest absolute Gasteiger partial charge is 0.459 e. The van der Waals surface area contributed by atoms with Crippen LogP contribution < -0.4 is 10.9 Å². The van der Waals surface area contributed by atoms with Gasteiger partial charge in [-0.15, -0.1) is 11.8 Å². The molecule has 0 aliphatic heterocycles. The van der Waals surface area contributed by atoms with Crippen molar-refractivity contribution < 1.29 is 18.4 Å². The first-order valence-corrected chi connectivity index (χ1v) is 8.72. The van der Waals surface area contributed by atoms with Crippen molar-refractivity contribution in [2.24, 2.45) is 0 Å². The van der Waals surface area contributed by atoms with Gasteiger partial charge in [-0.1, -0.05) is 18.2 Å². The zero-order valence-corrected chi connectivity index (χ0v) is 14.4. The predicted molar refractivity (Wildman–Crippen MR) is 96.0 cm³/mol. The molecule has 0 aliphatic carbocycles. The van der Waals surface area contributed by atoms with Crippen molar-refractivity contribution in [3.63, 3.8) is 0 Å². The summed E-state index contributed by atoms with van der Waals surface area (Å²) in [6, 6.07) is 16.5. The summed E-state index contributed by atoms with van der Waals surface area (Å²) in [4.78, 5) is 25.3. The maximum atomic E-state index is 12.9. The number of hydrazine groups is 1. The van der Waals surface area contributed by atoms with E-state index in [1.165, 1.54) is 30.5 Å². The van der Waals surface area contributed by atoms with Gasteiger partial charge in [0.05, 0.1) is 6.26 Å². The first kappa shape index (κ1) is 17.8. The van der Waals surface area contributed by atoms with Crippen molar-refractivity contribution in [2.75, 3.05) is 0 Å². The Labute approximate surface area is 153 Å². The van der Waals surface area contributed by atoms with E-state index in [1.807, 2.05) is 30.3 Å². The first-order valence-electron chi connectivity index (χ1n) is 7.74. The highest BCUT2D eigenvalue weighted by Gasteiger charge is 2.16. The maximum Gasteiger partial charge on any atom is 0.305 e. The molecule has 7 heteroatoms. The molecule has 2 aromatic carbocycles. The molecule has 2 N–H and O–H groups in total. The minimum atomic E-state index is -0.561. The first-order chi connectivity index (χ1) is 12.6. The molecule has 0 unspecified atom stereocenters. The zero-order valence-electron chi connectivity index (χ0n) is 13.6. The molecule has 3 rings (SSSR count). The number of rotatable bonds is 5. The molecule has 3 aromatic rings. The highest BCUT2D eigenvalue weighted by atomic mass is 32.2. The molecule has 0 aliphatic rings. The molecule has 0 saturated carbocycles. The number of halogens is 1. The summed E-state index contributed by atoms with van der Waals surface area (Å²) < 4.78 is 18.1. The fourth-order valence-electron chi connectivity index (χ4n) is 2.17. The lowest BCUT2D eigenvalue weighted by molar-refractivity contribution is 0.0830. The standard InChI is InChI=1S/C19H15FN2O3S/c20-15-8-6-13(7-9-15)18(23)21-22-19(24)17-14(10-11-25-17)12-26-16-4-2-1-3-5-16/h1-11H,12H2,(H,21,23)(H,22,24). The van der Waals surface area contributed by atoms with Gasteiger partial charge in [0, 0.05) is 21.8 Å². The van der Waals surface area contributed by atoms with Crippen LogP contribution in [0.3, 0.4) is 0 Å². The number of benzene rings is 2. The van der Waals surface area contributed by atoms with Crippen LogP contribution in [0.4, 0.5) is 4.39 Å². The highest BCUT2D eigenvalue weighted by Crippen LogP contribution is 2.24. The van der Waals surface area contributed by atoms with Crippen LogP contribution in [0.15, 0.2) is 76.2 Å². The average molecular weight is 370 g/mol. The molecule has 1 aromatic heterocycles. The van der Waals surface area contributed by atoms with Crippen LogP contribution in [-0.2, 0) is 5.75 Å². The van der Waals surface area contributed by atoms with E-state index in [0.29, 0.717) is 11.3 Å². The molecular weight excluding hydrogens is 355 g/mol. The fraction of sp³-hybridized carbons (Fsp3) is 0.0526. The lowest BCUT2D eigenvalue weighted by Gasteiger charge is -2.07. The number of amides is 2. The third-order valence-corrected chi connectivity index (χ3v) is 4.55. The number of carbonyl (C=O) groups is 2. The van der Waals surface area contributed by atoms with Crippen LogP contribution in [0.25, 0.3) is 0 Å². The summed E-state index contributed by atoms with van der Waals surface area (Å²) in [5.41, 5.74) is 5.52. The molecule has 0 fully saturated rings. The van der Waals surface area contributed by atoms with Gasteiger partial charge in [-0.3, -0.25) is 20.4 Å². The second-order valence-electron chi connectivity index (χ2n) is 5.29. The Bertz CT molecular complexity index is 895. The van der Waals surface area contributed by atoms with E-state index in [9.17, 15) is 14.0 Å². The average Bonchev–Trinajstić information content (AvgIpc) is 3.14. The molecule has 2 amide bonds. The second-order valence-corrected chi connectivity index (χ2v) is 6.34. The van der Waals surface area contributed by atoms with E-state index < -0.39 is 17.6 Å². The van der Waals surface area contributed by atoms with Crippen molar-refractivity contribution >= 4 is 23.6 Å². The second kappa shape index (κ2) is 8.35. The van der Waals surface area contributed by atoms with Gasteiger partial charge in [0.25, 0.3) is 5.91 Å². The van der Waals surface area contributed by atoms with E-state index in [4.69, 9.17) is 4.42 Å². The molecule has 0 atom stereocenters. The third kappa shape index (κ3) is 4.52. The number of nitrogens with one attached hydrogen (secondary N) is 2. The van der Waals surface area contributed by atoms with E-state index in [-0.39, 0.29) is 11.3 Å². The van der Waals surface area contributed by atoms with Crippen molar-refractivity contribution in [2.45, 2.75) is 10.6 Å². The predicted octanol–water partition coefficient (Wildman–Crippen LogP) is 3.79. The third-order valence-electron chi connectivity index (χ3n) is 3.49. The van der Waals surface area contributed by atoms with Gasteiger partial charge in [0.1, 0.15) is 5.82 Å². The fourth-order valence-corrected chi connectivity index (χ4v) is 3.07. The highest BCUT2D eigenvalue weighted by molar-refractivity contribution is 7.98. The normalized spacial score (nSPS) is 10.3. The van der Waals surface area contributed by atoms with Crippen molar-refractivity contribution in [1.82, 2.24) is 10.9 Å². The molecule has 1 heterocycles. The Balaban J connectivity index is 1.57. The van der Waals surface area contributed by atoms with Crippen molar-refractivity contribution in [3.8, 4) is 0 Å². The number of hydrogen-bond acceptors (Lipinski definition) is 4. The molecule has 0 bridgehead atoms. The number of carbonyl (C=O) groups excluding carboxylic acids is 2. The quantitative estimate of drug-likeness (QED) is 0.530. The van der Waals surface area contributed by atoms with Gasteiger partial charge < -0.3 is 4.42 Å². The number of thioether (sulfide) groups is 1. The van der Waals surface area contributed by atoms with Crippen molar-refractivity contribution in [3.05, 3.63) is 89.6 Å². The Morgan fingerprint density at radius 2 is 1.62 bits per heavy atom. The van der Waals surface area contributed by atoms with Gasteiger partial charge in [-0.2, -0.15) is 0 Å². The van der Waals surface area contributed by atoms with Gasteiger partial charge in [-0.25, -0.2) is 4.39 Å². The van der Waals surface area contributed by atoms with E-state index in [2.05, 4.69) is 10.9 Å². The van der Waals surface area contributed by atoms with Gasteiger partial charge >= 0.3 is 5.91 Å². The van der Waals surface area contributed by atoms with Gasteiger partial charge in [-0.05, 0) is 42.5 Å². The number of hydrogen-bond donors (Lipinski definition) is 2. The summed E-state index contributed by atoms with van der Waals surface area (Å²) in [5, 5.41) is 0. The molecule has 5 nitrogen and oxygen atoms in total. The lowest BCUT2D eigenvalue weighted by Crippen LogP contribution is -2.41. The van der Waals surface area contributed by atoms with Crippen LogP contribution in [0.5, 0.6) is 0 Å². The van der Waals surface area contributed by atoms with E-state index >= 15 is 0 Å². The zero-order chi connectivity index (χ0) is 18.4. The summed E-state index contributed by atoms with van der Waals surface area (Å²) >= 11 is 1.57. The van der Waals surface area contributed by atoms with Crippen LogP contribution in [0, 0.1) is 5.82 Å². The SMILES string of the molecule is O=C(NNC(=O)c1occc1CSc1ccccc1)c1ccc(F)cc1. The Kier molecular flexibility index (Phi) is 5.70. The monoisotopic (exact) mass is 370 g/mol. The molecule has 0 radical (unpaired) electrons. The van der Waals surface area contributed by atoms with E-state index in [0.717, 1.165) is 4.90 Å². The molecule has 132 valence electrons. The Hall–Kier alpha value is -3.06. The minimum absolute atomic E-state index is 0.132. The molecule has 26 heavy (non-hydrogen) atoms. The van der Waals surface area contributed by atoms with E-state index in [1.54, 1.807) is 17.8 Å². The summed E-state index contributed by atoms with van der Waals surface area (Å²) in [7, 11) is 0. The Morgan fingerprint density at radius 3 is 2.35 bits per heavy atom. The molecule has 0 spiro atoms.